The summed E-state index contributed by atoms with van der Waals surface area (Å²) in [5.74, 6) is 0.146. The van der Waals surface area contributed by atoms with Crippen LogP contribution in [-0.4, -0.2) is 6.54 Å². The van der Waals surface area contributed by atoms with E-state index in [4.69, 9.17) is 11.6 Å². The van der Waals surface area contributed by atoms with Gasteiger partial charge in [-0.15, -0.1) is 11.6 Å². The minimum absolute atomic E-state index is 0.195. The van der Waals surface area contributed by atoms with Crippen LogP contribution >= 0.6 is 11.6 Å². The number of benzene rings is 2. The number of halogens is 2. The van der Waals surface area contributed by atoms with Crippen LogP contribution in [0.2, 0.25) is 0 Å². The van der Waals surface area contributed by atoms with Crippen molar-refractivity contribution in [2.75, 3.05) is 11.4 Å². The molecule has 0 aliphatic carbocycles. The average Bonchev–Trinajstić information content (AvgIpc) is 2.69. The Balaban J connectivity index is 2.05. The van der Waals surface area contributed by atoms with Crippen LogP contribution in [0.1, 0.15) is 24.0 Å². The fourth-order valence-electron chi connectivity index (χ4n) is 2.79. The Morgan fingerprint density at radius 1 is 1.05 bits per heavy atom. The first-order chi connectivity index (χ1) is 9.79. The van der Waals surface area contributed by atoms with Crippen molar-refractivity contribution in [2.45, 2.75) is 25.1 Å². The predicted molar refractivity (Wildman–Crippen MR) is 82.3 cm³/mol. The van der Waals surface area contributed by atoms with Crippen LogP contribution in [0.15, 0.2) is 42.5 Å². The van der Waals surface area contributed by atoms with Gasteiger partial charge >= 0.3 is 0 Å². The molecule has 1 aliphatic heterocycles. The first-order valence-corrected chi connectivity index (χ1v) is 7.53. The Morgan fingerprint density at radius 3 is 2.70 bits per heavy atom. The maximum atomic E-state index is 14.3. The number of aryl methyl sites for hydroxylation is 1. The minimum atomic E-state index is -0.195. The second kappa shape index (κ2) is 5.84. The molecule has 0 bridgehead atoms. The van der Waals surface area contributed by atoms with Crippen molar-refractivity contribution in [2.24, 2.45) is 0 Å². The lowest BCUT2D eigenvalue weighted by Crippen LogP contribution is -2.19. The quantitative estimate of drug-likeness (QED) is 0.700. The first kappa shape index (κ1) is 13.4. The lowest BCUT2D eigenvalue weighted by molar-refractivity contribution is 0.622. The number of anilines is 2. The van der Waals surface area contributed by atoms with E-state index >= 15 is 0 Å². The fourth-order valence-corrected chi connectivity index (χ4v) is 2.96. The van der Waals surface area contributed by atoms with Crippen LogP contribution in [-0.2, 0) is 12.3 Å². The molecule has 0 unspecified atom stereocenters. The third-order valence-electron chi connectivity index (χ3n) is 3.82. The van der Waals surface area contributed by atoms with Crippen molar-refractivity contribution in [3.05, 3.63) is 59.4 Å². The Labute approximate surface area is 124 Å². The highest BCUT2D eigenvalue weighted by atomic mass is 35.5. The van der Waals surface area contributed by atoms with Gasteiger partial charge in [-0.2, -0.15) is 0 Å². The van der Waals surface area contributed by atoms with Crippen LogP contribution in [0, 0.1) is 5.82 Å². The molecule has 1 nitrogen and oxygen atoms in total. The van der Waals surface area contributed by atoms with E-state index < -0.39 is 0 Å². The molecular formula is C17H17ClFN. The van der Waals surface area contributed by atoms with E-state index in [9.17, 15) is 4.39 Å². The molecule has 0 aromatic heterocycles. The molecule has 0 atom stereocenters. The van der Waals surface area contributed by atoms with Gasteiger partial charge in [-0.1, -0.05) is 24.3 Å². The monoisotopic (exact) mass is 289 g/mol. The summed E-state index contributed by atoms with van der Waals surface area (Å²) in [7, 11) is 0. The smallest absolute Gasteiger partial charge is 0.147 e. The molecule has 0 fully saturated rings. The molecule has 20 heavy (non-hydrogen) atoms. The van der Waals surface area contributed by atoms with Crippen molar-refractivity contribution in [1.29, 1.82) is 0 Å². The van der Waals surface area contributed by atoms with Crippen LogP contribution in [0.4, 0.5) is 15.8 Å². The molecule has 3 heteroatoms. The molecule has 1 heterocycles. The second-order valence-corrected chi connectivity index (χ2v) is 5.42. The summed E-state index contributed by atoms with van der Waals surface area (Å²) < 4.78 is 14.3. The lowest BCUT2D eigenvalue weighted by Gasteiger charge is -2.25. The molecule has 104 valence electrons. The summed E-state index contributed by atoms with van der Waals surface area (Å²) in [5.41, 5.74) is 3.89. The molecule has 2 aromatic rings. The summed E-state index contributed by atoms with van der Waals surface area (Å²) in [4.78, 5) is 2.09. The van der Waals surface area contributed by atoms with E-state index in [-0.39, 0.29) is 5.82 Å². The molecule has 0 radical (unpaired) electrons. The van der Waals surface area contributed by atoms with Gasteiger partial charge in [0, 0.05) is 18.1 Å². The van der Waals surface area contributed by atoms with Crippen molar-refractivity contribution >= 4 is 23.0 Å². The summed E-state index contributed by atoms with van der Waals surface area (Å²) in [6.45, 7) is 0.855. The number of rotatable bonds is 2. The van der Waals surface area contributed by atoms with Gasteiger partial charge in [-0.3, -0.25) is 0 Å². The molecule has 1 aliphatic rings. The lowest BCUT2D eigenvalue weighted by atomic mass is 10.1. The van der Waals surface area contributed by atoms with Gasteiger partial charge in [0.1, 0.15) is 5.82 Å². The highest BCUT2D eigenvalue weighted by molar-refractivity contribution is 6.17. The van der Waals surface area contributed by atoms with Crippen LogP contribution < -0.4 is 4.90 Å². The number of hydrogen-bond donors (Lipinski definition) is 0. The van der Waals surface area contributed by atoms with E-state index in [2.05, 4.69) is 23.1 Å². The molecule has 0 saturated heterocycles. The molecular weight excluding hydrogens is 273 g/mol. The predicted octanol–water partition coefficient (Wildman–Crippen LogP) is 5.04. The van der Waals surface area contributed by atoms with Gasteiger partial charge < -0.3 is 4.90 Å². The van der Waals surface area contributed by atoms with Crippen molar-refractivity contribution in [1.82, 2.24) is 0 Å². The zero-order valence-electron chi connectivity index (χ0n) is 11.3. The SMILES string of the molecule is Fc1cc(CCl)ccc1N1CCCCc2ccccc21. The highest BCUT2D eigenvalue weighted by Gasteiger charge is 2.19. The number of fused-ring (bicyclic) bond motifs is 1. The van der Waals surface area contributed by atoms with Crippen molar-refractivity contribution in [3.8, 4) is 0 Å². The Hall–Kier alpha value is -1.54. The molecule has 0 amide bonds. The standard InChI is InChI=1S/C17H17ClFN/c18-12-13-8-9-17(15(19)11-13)20-10-4-3-6-14-5-1-2-7-16(14)20/h1-2,5,7-9,11H,3-4,6,10,12H2. The second-order valence-electron chi connectivity index (χ2n) is 5.16. The van der Waals surface area contributed by atoms with E-state index in [1.807, 2.05) is 18.2 Å². The number of nitrogens with zero attached hydrogens (tertiary/aromatic N) is 1. The summed E-state index contributed by atoms with van der Waals surface area (Å²) in [6, 6.07) is 13.6. The van der Waals surface area contributed by atoms with Crippen LogP contribution in [0.25, 0.3) is 0 Å². The average molecular weight is 290 g/mol. The van der Waals surface area contributed by atoms with E-state index in [0.717, 1.165) is 37.1 Å². The zero-order chi connectivity index (χ0) is 13.9. The van der Waals surface area contributed by atoms with Gasteiger partial charge in [0.05, 0.1) is 5.69 Å². The molecule has 3 rings (SSSR count). The van der Waals surface area contributed by atoms with Crippen molar-refractivity contribution < 1.29 is 4.39 Å². The number of alkyl halides is 1. The van der Waals surface area contributed by atoms with Gasteiger partial charge in [0.25, 0.3) is 0 Å². The van der Waals surface area contributed by atoms with Gasteiger partial charge in [0.2, 0.25) is 0 Å². The number of para-hydroxylation sites is 1. The highest BCUT2D eigenvalue weighted by Crippen LogP contribution is 2.34. The maximum absolute atomic E-state index is 14.3. The topological polar surface area (TPSA) is 3.24 Å². The van der Waals surface area contributed by atoms with Crippen LogP contribution in [0.3, 0.4) is 0 Å². The van der Waals surface area contributed by atoms with Crippen molar-refractivity contribution in [3.63, 3.8) is 0 Å². The van der Waals surface area contributed by atoms with E-state index in [1.165, 1.54) is 11.6 Å². The zero-order valence-corrected chi connectivity index (χ0v) is 12.0. The van der Waals surface area contributed by atoms with Gasteiger partial charge in [-0.25, -0.2) is 4.39 Å². The Kier molecular flexibility index (Phi) is 3.93. The summed E-state index contributed by atoms with van der Waals surface area (Å²) >= 11 is 5.76. The molecule has 2 aromatic carbocycles. The maximum Gasteiger partial charge on any atom is 0.147 e. The van der Waals surface area contributed by atoms with Crippen LogP contribution in [0.5, 0.6) is 0 Å². The summed E-state index contributed by atoms with van der Waals surface area (Å²) in [5, 5.41) is 0. The molecule has 0 saturated carbocycles. The third kappa shape index (κ3) is 2.53. The third-order valence-corrected chi connectivity index (χ3v) is 4.13. The van der Waals surface area contributed by atoms with Gasteiger partial charge in [-0.05, 0) is 48.6 Å². The van der Waals surface area contributed by atoms with E-state index in [0.29, 0.717) is 11.6 Å². The molecule has 0 N–H and O–H groups in total. The number of hydrogen-bond acceptors (Lipinski definition) is 1. The Morgan fingerprint density at radius 2 is 1.90 bits per heavy atom. The Bertz CT molecular complexity index is 612. The minimum Gasteiger partial charge on any atom is -0.339 e. The fraction of sp³-hybridized carbons (Fsp3) is 0.294. The molecule has 0 spiro atoms. The first-order valence-electron chi connectivity index (χ1n) is 6.99. The van der Waals surface area contributed by atoms with Gasteiger partial charge in [0.15, 0.2) is 0 Å². The summed E-state index contributed by atoms with van der Waals surface area (Å²) in [6.07, 6.45) is 3.29. The largest absolute Gasteiger partial charge is 0.339 e. The normalized spacial score (nSPS) is 14.8. The van der Waals surface area contributed by atoms with E-state index in [1.54, 1.807) is 0 Å².